The van der Waals surface area contributed by atoms with Crippen molar-refractivity contribution < 1.29 is 22.4 Å². The van der Waals surface area contributed by atoms with Gasteiger partial charge < -0.3 is 20.0 Å². The zero-order chi connectivity index (χ0) is 28.4. The van der Waals surface area contributed by atoms with Crippen LogP contribution in [0.15, 0.2) is 47.3 Å². The van der Waals surface area contributed by atoms with E-state index in [1.165, 1.54) is 18.8 Å². The number of anilines is 2. The first-order valence-electron chi connectivity index (χ1n) is 14.6. The van der Waals surface area contributed by atoms with E-state index in [9.17, 15) is 18.0 Å². The highest BCUT2D eigenvalue weighted by Crippen LogP contribution is 2.36. The Morgan fingerprint density at radius 2 is 1.80 bits per heavy atom. The van der Waals surface area contributed by atoms with Gasteiger partial charge in [0.25, 0.3) is 11.9 Å². The molecule has 41 heavy (non-hydrogen) atoms. The molecule has 218 valence electrons. The number of benzene rings is 1. The fraction of sp³-hybridized carbons (Fsp3) is 0.533. The topological polar surface area (TPSA) is 96.2 Å². The summed E-state index contributed by atoms with van der Waals surface area (Å²) < 4.78 is 44.7. The minimum absolute atomic E-state index is 0.0654. The van der Waals surface area contributed by atoms with Crippen molar-refractivity contribution in [2.24, 2.45) is 11.8 Å². The number of halogens is 3. The van der Waals surface area contributed by atoms with Crippen LogP contribution >= 0.6 is 0 Å². The van der Waals surface area contributed by atoms with Gasteiger partial charge in [-0.2, -0.15) is 13.2 Å². The molecule has 2 saturated carbocycles. The van der Waals surface area contributed by atoms with Crippen LogP contribution in [0, 0.1) is 11.8 Å². The van der Waals surface area contributed by atoms with Crippen molar-refractivity contribution in [2.75, 3.05) is 23.3 Å². The predicted molar refractivity (Wildman–Crippen MR) is 148 cm³/mol. The lowest BCUT2D eigenvalue weighted by atomic mass is 9.77. The van der Waals surface area contributed by atoms with Crippen molar-refractivity contribution in [1.29, 1.82) is 0 Å². The van der Waals surface area contributed by atoms with Crippen LogP contribution in [0.4, 0.5) is 24.9 Å². The molecule has 11 heteroatoms. The summed E-state index contributed by atoms with van der Waals surface area (Å²) in [4.78, 5) is 26.2. The van der Waals surface area contributed by atoms with Gasteiger partial charge in [0, 0.05) is 36.3 Å². The number of oxazole rings is 1. The van der Waals surface area contributed by atoms with E-state index in [1.54, 1.807) is 12.3 Å². The van der Waals surface area contributed by atoms with Crippen LogP contribution < -0.4 is 15.5 Å². The van der Waals surface area contributed by atoms with E-state index in [0.717, 1.165) is 70.0 Å². The average Bonchev–Trinajstić information content (AvgIpc) is 3.67. The van der Waals surface area contributed by atoms with Crippen molar-refractivity contribution in [3.8, 4) is 11.3 Å². The zero-order valence-electron chi connectivity index (χ0n) is 22.9. The van der Waals surface area contributed by atoms with E-state index in [-0.39, 0.29) is 11.9 Å². The van der Waals surface area contributed by atoms with Gasteiger partial charge >= 0.3 is 6.18 Å². The van der Waals surface area contributed by atoms with Crippen LogP contribution in [0.25, 0.3) is 11.3 Å². The number of hydrogen-bond acceptors (Lipinski definition) is 7. The summed E-state index contributed by atoms with van der Waals surface area (Å²) in [6.07, 6.45) is 9.39. The maximum Gasteiger partial charge on any atom is 0.451 e. The van der Waals surface area contributed by atoms with Crippen molar-refractivity contribution in [2.45, 2.75) is 76.0 Å². The molecule has 0 spiro atoms. The Bertz CT molecular complexity index is 1340. The van der Waals surface area contributed by atoms with Crippen LogP contribution in [-0.4, -0.2) is 46.0 Å². The van der Waals surface area contributed by atoms with E-state index < -0.39 is 12.0 Å². The lowest BCUT2D eigenvalue weighted by Gasteiger charge is -2.38. The van der Waals surface area contributed by atoms with E-state index in [2.05, 4.69) is 30.5 Å². The van der Waals surface area contributed by atoms with Gasteiger partial charge in [0.1, 0.15) is 0 Å². The molecule has 1 aromatic carbocycles. The van der Waals surface area contributed by atoms with Gasteiger partial charge in [0.05, 0.1) is 24.3 Å². The number of rotatable bonds is 8. The van der Waals surface area contributed by atoms with Crippen LogP contribution in [0.3, 0.4) is 0 Å². The Balaban J connectivity index is 1.07. The largest absolute Gasteiger partial charge is 0.451 e. The monoisotopic (exact) mass is 568 g/mol. The Morgan fingerprint density at radius 3 is 2.59 bits per heavy atom. The summed E-state index contributed by atoms with van der Waals surface area (Å²) in [5.41, 5.74) is 2.06. The van der Waals surface area contributed by atoms with Crippen molar-refractivity contribution in [1.82, 2.24) is 20.3 Å². The minimum atomic E-state index is -4.54. The van der Waals surface area contributed by atoms with Crippen molar-refractivity contribution in [3.63, 3.8) is 0 Å². The first-order valence-corrected chi connectivity index (χ1v) is 14.6. The molecule has 2 N–H and O–H groups in total. The molecular weight excluding hydrogens is 533 g/mol. The molecule has 3 atom stereocenters. The molecule has 2 aromatic heterocycles. The van der Waals surface area contributed by atoms with E-state index in [1.807, 2.05) is 18.2 Å². The van der Waals surface area contributed by atoms with Crippen LogP contribution in [0.1, 0.15) is 74.0 Å². The number of nitrogens with zero attached hydrogens (tertiary/aromatic N) is 4. The molecule has 1 aliphatic heterocycles. The number of carbonyl (C=O) groups is 1. The first kappa shape index (κ1) is 27.5. The summed E-state index contributed by atoms with van der Waals surface area (Å²) >= 11 is 0. The molecule has 0 unspecified atom stereocenters. The maximum atomic E-state index is 12.9. The Labute approximate surface area is 237 Å². The maximum absolute atomic E-state index is 12.9. The molecule has 3 aliphatic rings. The third kappa shape index (κ3) is 6.82. The number of nitrogens with one attached hydrogen (secondary N) is 2. The molecule has 3 heterocycles. The van der Waals surface area contributed by atoms with Gasteiger partial charge in [-0.3, -0.25) is 4.79 Å². The smallest absolute Gasteiger partial charge is 0.424 e. The lowest BCUT2D eigenvalue weighted by Crippen LogP contribution is -2.39. The highest BCUT2D eigenvalue weighted by molar-refractivity contribution is 5.95. The molecule has 0 bridgehead atoms. The average molecular weight is 569 g/mol. The normalized spacial score (nSPS) is 23.3. The highest BCUT2D eigenvalue weighted by atomic mass is 19.4. The number of piperidine rings is 1. The van der Waals surface area contributed by atoms with E-state index >= 15 is 0 Å². The SMILES string of the molecule is O=C(NC1CC1)c1cccc(-c2cnc(N[C@@H]3CCCC[C@H]3C[C@H]3CCCN(c4cnc(C(F)(F)F)nc4)C3)o2)c1. The summed E-state index contributed by atoms with van der Waals surface area (Å²) in [6.45, 7) is 1.58. The minimum Gasteiger partial charge on any atom is -0.424 e. The highest BCUT2D eigenvalue weighted by Gasteiger charge is 2.35. The predicted octanol–water partition coefficient (Wildman–Crippen LogP) is 6.32. The lowest BCUT2D eigenvalue weighted by molar-refractivity contribution is -0.145. The Hall–Kier alpha value is -3.63. The summed E-state index contributed by atoms with van der Waals surface area (Å²) in [6, 6.07) is 8.42. The zero-order valence-corrected chi connectivity index (χ0v) is 22.9. The Morgan fingerprint density at radius 1 is 1.00 bits per heavy atom. The van der Waals surface area contributed by atoms with Gasteiger partial charge in [0.15, 0.2) is 5.76 Å². The molecular formula is C30H35F3N6O2. The van der Waals surface area contributed by atoms with Crippen molar-refractivity contribution >= 4 is 17.6 Å². The van der Waals surface area contributed by atoms with Gasteiger partial charge in [-0.15, -0.1) is 0 Å². The summed E-state index contributed by atoms with van der Waals surface area (Å²) in [7, 11) is 0. The number of carbonyl (C=O) groups excluding carboxylic acids is 1. The molecule has 8 nitrogen and oxygen atoms in total. The second-order valence-electron chi connectivity index (χ2n) is 11.6. The second-order valence-corrected chi connectivity index (χ2v) is 11.6. The number of aromatic nitrogens is 3. The van der Waals surface area contributed by atoms with Gasteiger partial charge in [0.2, 0.25) is 5.82 Å². The number of amides is 1. The summed E-state index contributed by atoms with van der Waals surface area (Å²) in [5, 5.41) is 6.57. The number of alkyl halides is 3. The van der Waals surface area contributed by atoms with Crippen molar-refractivity contribution in [3.05, 3.63) is 54.2 Å². The van der Waals surface area contributed by atoms with Gasteiger partial charge in [-0.05, 0) is 68.9 Å². The third-order valence-electron chi connectivity index (χ3n) is 8.46. The fourth-order valence-electron chi connectivity index (χ4n) is 6.17. The molecule has 1 amide bonds. The molecule has 1 saturated heterocycles. The van der Waals surface area contributed by atoms with Crippen LogP contribution in [-0.2, 0) is 6.18 Å². The summed E-state index contributed by atoms with van der Waals surface area (Å²) in [5.74, 6) is 0.324. The Kier molecular flexibility index (Phi) is 7.86. The quantitative estimate of drug-likeness (QED) is 0.328. The van der Waals surface area contributed by atoms with E-state index in [4.69, 9.17) is 4.42 Å². The molecule has 2 aliphatic carbocycles. The van der Waals surface area contributed by atoms with E-state index in [0.29, 0.717) is 40.9 Å². The third-order valence-corrected chi connectivity index (χ3v) is 8.46. The molecule has 0 radical (unpaired) electrons. The molecule has 6 rings (SSSR count). The van der Waals surface area contributed by atoms with Gasteiger partial charge in [-0.25, -0.2) is 15.0 Å². The van der Waals surface area contributed by atoms with Gasteiger partial charge in [-0.1, -0.05) is 25.0 Å². The van der Waals surface area contributed by atoms with Crippen LogP contribution in [0.5, 0.6) is 0 Å². The molecule has 3 fully saturated rings. The number of hydrogen-bond donors (Lipinski definition) is 2. The van der Waals surface area contributed by atoms with Crippen LogP contribution in [0.2, 0.25) is 0 Å². The molecule has 3 aromatic rings. The fourth-order valence-corrected chi connectivity index (χ4v) is 6.17. The standard InChI is InChI=1S/C30H35F3N6O2/c31-30(32,33)28-34-15-24(16-35-28)39-12-4-5-19(18-39)13-20-6-1-2-9-25(20)38-29-36-17-26(41-29)21-7-3-8-22(14-21)27(40)37-23-10-11-23/h3,7-8,14-17,19-20,23,25H,1-2,4-6,9-13,18H2,(H,36,38)(H,37,40)/t19-,20+,25-/m1/s1. The second kappa shape index (κ2) is 11.7. The first-order chi connectivity index (χ1) is 19.8.